The smallest absolute Gasteiger partial charge is 0.234 e. The van der Waals surface area contributed by atoms with Gasteiger partial charge in [0.2, 0.25) is 4.96 Å². The zero-order valence-corrected chi connectivity index (χ0v) is 12.6. The molecule has 20 heavy (non-hydrogen) atoms. The van der Waals surface area contributed by atoms with E-state index in [9.17, 15) is 0 Å². The molecule has 0 fully saturated rings. The van der Waals surface area contributed by atoms with Gasteiger partial charge in [0.1, 0.15) is 12.4 Å². The molecule has 3 rings (SSSR count). The number of hydrogen-bond donors (Lipinski definition) is 0. The average molecular weight is 309 g/mol. The van der Waals surface area contributed by atoms with Gasteiger partial charge in [-0.1, -0.05) is 36.8 Å². The summed E-state index contributed by atoms with van der Waals surface area (Å²) in [7, 11) is 0. The third-order valence-electron chi connectivity index (χ3n) is 2.75. The second-order valence-electron chi connectivity index (χ2n) is 4.65. The van der Waals surface area contributed by atoms with Crippen LogP contribution in [0.1, 0.15) is 30.6 Å². The standard InChI is InChI=1S/C13H13ClN4OS/c1-8(2)12-15-16-13-18(12)17-11(20-13)7-19-10-5-3-9(14)4-6-10/h3-6,8H,7H2,1-2H3. The molecule has 1 aromatic carbocycles. The molecule has 0 aliphatic rings. The SMILES string of the molecule is CC(C)c1nnc2sc(COc3ccc(Cl)cc3)nn12. The van der Waals surface area contributed by atoms with Crippen molar-refractivity contribution in [2.24, 2.45) is 0 Å². The van der Waals surface area contributed by atoms with E-state index in [4.69, 9.17) is 16.3 Å². The Morgan fingerprint density at radius 3 is 2.70 bits per heavy atom. The maximum absolute atomic E-state index is 5.83. The van der Waals surface area contributed by atoms with Crippen LogP contribution in [0.3, 0.4) is 0 Å². The highest BCUT2D eigenvalue weighted by Crippen LogP contribution is 2.21. The van der Waals surface area contributed by atoms with Crippen LogP contribution < -0.4 is 4.74 Å². The van der Waals surface area contributed by atoms with E-state index >= 15 is 0 Å². The van der Waals surface area contributed by atoms with Gasteiger partial charge in [-0.3, -0.25) is 0 Å². The van der Waals surface area contributed by atoms with Crippen molar-refractivity contribution in [1.82, 2.24) is 19.8 Å². The molecule has 0 atom stereocenters. The van der Waals surface area contributed by atoms with E-state index in [1.54, 1.807) is 16.6 Å². The van der Waals surface area contributed by atoms with Crippen LogP contribution in [0.4, 0.5) is 0 Å². The number of ether oxygens (including phenoxy) is 1. The van der Waals surface area contributed by atoms with Gasteiger partial charge in [-0.15, -0.1) is 10.2 Å². The Morgan fingerprint density at radius 1 is 1.25 bits per heavy atom. The van der Waals surface area contributed by atoms with Crippen molar-refractivity contribution in [1.29, 1.82) is 0 Å². The first-order valence-electron chi connectivity index (χ1n) is 6.23. The number of aromatic nitrogens is 4. The first-order chi connectivity index (χ1) is 9.63. The summed E-state index contributed by atoms with van der Waals surface area (Å²) in [4.78, 5) is 0.795. The second-order valence-corrected chi connectivity index (χ2v) is 6.12. The highest BCUT2D eigenvalue weighted by atomic mass is 35.5. The summed E-state index contributed by atoms with van der Waals surface area (Å²) in [5, 5.41) is 14.3. The maximum atomic E-state index is 5.83. The van der Waals surface area contributed by atoms with Gasteiger partial charge in [0.05, 0.1) is 0 Å². The molecule has 0 unspecified atom stereocenters. The minimum absolute atomic E-state index is 0.289. The zero-order valence-electron chi connectivity index (χ0n) is 11.1. The van der Waals surface area contributed by atoms with Crippen molar-refractivity contribution in [2.45, 2.75) is 26.4 Å². The molecule has 3 aromatic rings. The topological polar surface area (TPSA) is 52.3 Å². The molecule has 0 radical (unpaired) electrons. The molecular weight excluding hydrogens is 296 g/mol. The van der Waals surface area contributed by atoms with Gasteiger partial charge in [0.15, 0.2) is 10.8 Å². The Kier molecular flexibility index (Phi) is 3.58. The van der Waals surface area contributed by atoms with Crippen molar-refractivity contribution in [3.8, 4) is 5.75 Å². The molecule has 104 valence electrons. The highest BCUT2D eigenvalue weighted by Gasteiger charge is 2.14. The molecular formula is C13H13ClN4OS. The lowest BCUT2D eigenvalue weighted by Crippen LogP contribution is -2.00. The third-order valence-corrected chi connectivity index (χ3v) is 3.87. The zero-order chi connectivity index (χ0) is 14.1. The maximum Gasteiger partial charge on any atom is 0.234 e. The van der Waals surface area contributed by atoms with Crippen LogP contribution in [-0.4, -0.2) is 19.8 Å². The minimum atomic E-state index is 0.289. The molecule has 7 heteroatoms. The Bertz CT molecular complexity index is 720. The van der Waals surface area contributed by atoms with Gasteiger partial charge in [-0.25, -0.2) is 0 Å². The number of benzene rings is 1. The lowest BCUT2D eigenvalue weighted by molar-refractivity contribution is 0.304. The monoisotopic (exact) mass is 308 g/mol. The van der Waals surface area contributed by atoms with Crippen LogP contribution in [0.2, 0.25) is 5.02 Å². The Labute approximate surface area is 125 Å². The van der Waals surface area contributed by atoms with Gasteiger partial charge >= 0.3 is 0 Å². The summed E-state index contributed by atoms with van der Waals surface area (Å²) >= 11 is 7.32. The summed E-state index contributed by atoms with van der Waals surface area (Å²) in [6.45, 7) is 4.55. The number of fused-ring (bicyclic) bond motifs is 1. The van der Waals surface area contributed by atoms with Crippen LogP contribution in [0.25, 0.3) is 4.96 Å². The Morgan fingerprint density at radius 2 is 2.00 bits per heavy atom. The van der Waals surface area contributed by atoms with Crippen molar-refractivity contribution in [3.05, 3.63) is 40.1 Å². The van der Waals surface area contributed by atoms with Crippen LogP contribution >= 0.6 is 22.9 Å². The molecule has 0 spiro atoms. The predicted octanol–water partition coefficient (Wildman–Crippen LogP) is 3.54. The van der Waals surface area contributed by atoms with E-state index in [-0.39, 0.29) is 5.92 Å². The van der Waals surface area contributed by atoms with Crippen LogP contribution in [0.15, 0.2) is 24.3 Å². The number of rotatable bonds is 4. The van der Waals surface area contributed by atoms with Crippen molar-refractivity contribution in [3.63, 3.8) is 0 Å². The van der Waals surface area contributed by atoms with Gasteiger partial charge in [-0.2, -0.15) is 9.61 Å². The molecule has 0 bridgehead atoms. The predicted molar refractivity (Wildman–Crippen MR) is 78.5 cm³/mol. The normalized spacial score (nSPS) is 11.4. The van der Waals surface area contributed by atoms with Crippen molar-refractivity contribution in [2.75, 3.05) is 0 Å². The summed E-state index contributed by atoms with van der Waals surface area (Å²) < 4.78 is 7.46. The molecule has 5 nitrogen and oxygen atoms in total. The number of nitrogens with zero attached hydrogens (tertiary/aromatic N) is 4. The van der Waals surface area contributed by atoms with E-state index in [0.717, 1.165) is 21.5 Å². The van der Waals surface area contributed by atoms with E-state index in [1.165, 1.54) is 11.3 Å². The van der Waals surface area contributed by atoms with E-state index < -0.39 is 0 Å². The van der Waals surface area contributed by atoms with E-state index in [1.807, 2.05) is 12.1 Å². The molecule has 2 heterocycles. The first kappa shape index (κ1) is 13.3. The molecule has 0 aliphatic heterocycles. The van der Waals surface area contributed by atoms with Gasteiger partial charge in [0, 0.05) is 10.9 Å². The fraction of sp³-hybridized carbons (Fsp3) is 0.308. The van der Waals surface area contributed by atoms with Gasteiger partial charge < -0.3 is 4.74 Å². The van der Waals surface area contributed by atoms with Gasteiger partial charge in [-0.05, 0) is 24.3 Å². The minimum Gasteiger partial charge on any atom is -0.486 e. The molecule has 2 aromatic heterocycles. The summed E-state index contributed by atoms with van der Waals surface area (Å²) in [6.07, 6.45) is 0. The first-order valence-corrected chi connectivity index (χ1v) is 7.42. The number of hydrogen-bond acceptors (Lipinski definition) is 5. The summed E-state index contributed by atoms with van der Waals surface area (Å²) in [5.74, 6) is 1.93. The molecule has 0 amide bonds. The van der Waals surface area contributed by atoms with Crippen molar-refractivity contribution < 1.29 is 4.74 Å². The van der Waals surface area contributed by atoms with Crippen LogP contribution in [-0.2, 0) is 6.61 Å². The van der Waals surface area contributed by atoms with Crippen LogP contribution in [0, 0.1) is 0 Å². The second kappa shape index (κ2) is 5.38. The third kappa shape index (κ3) is 2.62. The van der Waals surface area contributed by atoms with E-state index in [0.29, 0.717) is 11.6 Å². The van der Waals surface area contributed by atoms with Crippen molar-refractivity contribution >= 4 is 27.9 Å². The van der Waals surface area contributed by atoms with E-state index in [2.05, 4.69) is 29.1 Å². The number of halogens is 1. The Balaban J connectivity index is 1.76. The summed E-state index contributed by atoms with van der Waals surface area (Å²) in [5.41, 5.74) is 0. The fourth-order valence-electron chi connectivity index (χ4n) is 1.77. The summed E-state index contributed by atoms with van der Waals surface area (Å²) in [6, 6.07) is 7.27. The fourth-order valence-corrected chi connectivity index (χ4v) is 2.65. The molecule has 0 N–H and O–H groups in total. The molecule has 0 saturated heterocycles. The quantitative estimate of drug-likeness (QED) is 0.739. The molecule has 0 aliphatic carbocycles. The lowest BCUT2D eigenvalue weighted by atomic mass is 10.2. The largest absolute Gasteiger partial charge is 0.486 e. The van der Waals surface area contributed by atoms with Crippen LogP contribution in [0.5, 0.6) is 5.75 Å². The average Bonchev–Trinajstić information content (AvgIpc) is 2.97. The molecule has 0 saturated carbocycles. The lowest BCUT2D eigenvalue weighted by Gasteiger charge is -2.03. The van der Waals surface area contributed by atoms with Gasteiger partial charge in [0.25, 0.3) is 0 Å². The Hall–Kier alpha value is -1.66. The highest BCUT2D eigenvalue weighted by molar-refractivity contribution is 7.16.